The normalized spacial score (nSPS) is 13.6. The van der Waals surface area contributed by atoms with Crippen LogP contribution in [0.15, 0.2) is 41.1 Å². The lowest BCUT2D eigenvalue weighted by Crippen LogP contribution is -2.01. The van der Waals surface area contributed by atoms with Crippen LogP contribution in [0.25, 0.3) is 0 Å². The molecule has 1 aromatic rings. The van der Waals surface area contributed by atoms with Gasteiger partial charge >= 0.3 is 0 Å². The van der Waals surface area contributed by atoms with Gasteiger partial charge in [-0.1, -0.05) is 0 Å². The van der Waals surface area contributed by atoms with Gasteiger partial charge in [0.15, 0.2) is 0 Å². The lowest BCUT2D eigenvalue weighted by Gasteiger charge is -2.05. The third-order valence-electron chi connectivity index (χ3n) is 1.87. The summed E-state index contributed by atoms with van der Waals surface area (Å²) in [6.07, 6.45) is 2.86. The molecule has 0 aromatic heterocycles. The van der Waals surface area contributed by atoms with Crippen LogP contribution < -0.4 is 10.5 Å². The molecule has 0 heterocycles. The first-order chi connectivity index (χ1) is 7.63. The molecular formula is C11H14FNO2S. The van der Waals surface area contributed by atoms with E-state index in [1.807, 2.05) is 0 Å². The molecule has 0 fully saturated rings. The third-order valence-corrected chi connectivity index (χ3v) is 2.81. The van der Waals surface area contributed by atoms with Gasteiger partial charge < -0.3 is 10.5 Å². The highest BCUT2D eigenvalue weighted by molar-refractivity contribution is 7.84. The van der Waals surface area contributed by atoms with Crippen LogP contribution in [0, 0.1) is 0 Å². The Bertz CT molecular complexity index is 389. The second-order valence-corrected chi connectivity index (χ2v) is 4.48. The molecule has 0 radical (unpaired) electrons. The van der Waals surface area contributed by atoms with Crippen LogP contribution >= 0.6 is 0 Å². The molecule has 3 nitrogen and oxygen atoms in total. The smallest absolute Gasteiger partial charge is 0.139 e. The predicted octanol–water partition coefficient (Wildman–Crippen LogP) is 1.61. The molecule has 2 N–H and O–H groups in total. The summed E-state index contributed by atoms with van der Waals surface area (Å²) in [4.78, 5) is 0.713. The average Bonchev–Trinajstić information content (AvgIpc) is 2.27. The highest BCUT2D eigenvalue weighted by Crippen LogP contribution is 2.15. The summed E-state index contributed by atoms with van der Waals surface area (Å²) < 4.78 is 29.2. The number of halogens is 1. The lowest BCUT2D eigenvalue weighted by atomic mass is 10.3. The van der Waals surface area contributed by atoms with Gasteiger partial charge in [0.05, 0.1) is 0 Å². The highest BCUT2D eigenvalue weighted by Gasteiger charge is 1.99. The summed E-state index contributed by atoms with van der Waals surface area (Å²) in [5.41, 5.74) is 5.15. The Hall–Kier alpha value is -1.20. The topological polar surface area (TPSA) is 52.3 Å². The minimum Gasteiger partial charge on any atom is -0.487 e. The molecule has 1 rings (SSSR count). The van der Waals surface area contributed by atoms with Crippen LogP contribution in [0.1, 0.15) is 0 Å². The van der Waals surface area contributed by atoms with Gasteiger partial charge in [0, 0.05) is 28.5 Å². The molecule has 0 saturated carbocycles. The summed E-state index contributed by atoms with van der Waals surface area (Å²) in [5, 5.41) is 0. The van der Waals surface area contributed by atoms with Gasteiger partial charge in [0.1, 0.15) is 18.2 Å². The molecular weight excluding hydrogens is 229 g/mol. The van der Waals surface area contributed by atoms with Crippen molar-refractivity contribution in [1.29, 1.82) is 0 Å². The van der Waals surface area contributed by atoms with Crippen molar-refractivity contribution in [1.82, 2.24) is 0 Å². The first kappa shape index (κ1) is 12.9. The van der Waals surface area contributed by atoms with Crippen LogP contribution in [0.4, 0.5) is 4.39 Å². The molecule has 5 heteroatoms. The Morgan fingerprint density at radius 3 is 2.62 bits per heavy atom. The van der Waals surface area contributed by atoms with Gasteiger partial charge in [-0.3, -0.25) is 4.21 Å². The van der Waals surface area contributed by atoms with E-state index in [0.29, 0.717) is 10.6 Å². The number of rotatable bonds is 5. The fourth-order valence-electron chi connectivity index (χ4n) is 1.07. The van der Waals surface area contributed by atoms with E-state index in [9.17, 15) is 8.60 Å². The minimum absolute atomic E-state index is 0.133. The van der Waals surface area contributed by atoms with Crippen molar-refractivity contribution in [3.05, 3.63) is 36.2 Å². The summed E-state index contributed by atoms with van der Waals surface area (Å²) in [6.45, 7) is 0.0225. The number of nitrogens with two attached hydrogens (primary N) is 1. The zero-order chi connectivity index (χ0) is 12.0. The van der Waals surface area contributed by atoms with Crippen LogP contribution in [-0.4, -0.2) is 23.6 Å². The average molecular weight is 243 g/mol. The SMILES string of the molecule is CS(=O)c1ccc(OCC(F)=CCN)cc1. The molecule has 0 aliphatic rings. The quantitative estimate of drug-likeness (QED) is 0.855. The van der Waals surface area contributed by atoms with E-state index < -0.39 is 16.6 Å². The van der Waals surface area contributed by atoms with Crippen LogP contribution in [-0.2, 0) is 10.8 Å². The van der Waals surface area contributed by atoms with Gasteiger partial charge in [-0.05, 0) is 30.3 Å². The Morgan fingerprint density at radius 2 is 2.12 bits per heavy atom. The maximum Gasteiger partial charge on any atom is 0.139 e. The molecule has 0 aliphatic carbocycles. The maximum absolute atomic E-state index is 12.9. The molecule has 0 amide bonds. The van der Waals surface area contributed by atoms with Crippen LogP contribution in [0.5, 0.6) is 5.75 Å². The lowest BCUT2D eigenvalue weighted by molar-refractivity contribution is 0.318. The van der Waals surface area contributed by atoms with E-state index in [4.69, 9.17) is 10.5 Å². The molecule has 1 unspecified atom stereocenters. The Balaban J connectivity index is 2.56. The van der Waals surface area contributed by atoms with Crippen molar-refractivity contribution in [3.8, 4) is 5.75 Å². The van der Waals surface area contributed by atoms with E-state index in [1.165, 1.54) is 6.08 Å². The van der Waals surface area contributed by atoms with Crippen molar-refractivity contribution in [2.45, 2.75) is 4.90 Å². The highest BCUT2D eigenvalue weighted by atomic mass is 32.2. The van der Waals surface area contributed by atoms with Gasteiger partial charge in [-0.2, -0.15) is 0 Å². The van der Waals surface area contributed by atoms with E-state index in [2.05, 4.69) is 0 Å². The second-order valence-electron chi connectivity index (χ2n) is 3.10. The minimum atomic E-state index is -1.01. The van der Waals surface area contributed by atoms with Crippen molar-refractivity contribution >= 4 is 10.8 Å². The molecule has 1 aromatic carbocycles. The molecule has 0 saturated heterocycles. The first-order valence-electron chi connectivity index (χ1n) is 4.74. The molecule has 1 atom stereocenters. The molecule has 16 heavy (non-hydrogen) atoms. The zero-order valence-electron chi connectivity index (χ0n) is 8.98. The standard InChI is InChI=1S/C11H14FNO2S/c1-16(14)11-4-2-10(3-5-11)15-8-9(12)6-7-13/h2-6H,7-8,13H2,1H3. The van der Waals surface area contributed by atoms with Gasteiger partial charge in [0.2, 0.25) is 0 Å². The van der Waals surface area contributed by atoms with E-state index >= 15 is 0 Å². The number of ether oxygens (including phenoxy) is 1. The van der Waals surface area contributed by atoms with Crippen molar-refractivity contribution in [3.63, 3.8) is 0 Å². The van der Waals surface area contributed by atoms with E-state index in [0.717, 1.165) is 0 Å². The summed E-state index contributed by atoms with van der Waals surface area (Å²) in [5.74, 6) is 0.139. The molecule has 0 aliphatic heterocycles. The van der Waals surface area contributed by atoms with E-state index in [1.54, 1.807) is 30.5 Å². The zero-order valence-corrected chi connectivity index (χ0v) is 9.80. The Morgan fingerprint density at radius 1 is 1.50 bits per heavy atom. The van der Waals surface area contributed by atoms with E-state index in [-0.39, 0.29) is 13.2 Å². The predicted molar refractivity (Wildman–Crippen MR) is 62.5 cm³/mol. The molecule has 0 spiro atoms. The number of benzene rings is 1. The van der Waals surface area contributed by atoms with Crippen molar-refractivity contribution in [2.75, 3.05) is 19.4 Å². The van der Waals surface area contributed by atoms with Crippen molar-refractivity contribution < 1.29 is 13.3 Å². The van der Waals surface area contributed by atoms with Gasteiger partial charge in [0.25, 0.3) is 0 Å². The molecule has 88 valence electrons. The van der Waals surface area contributed by atoms with Crippen LogP contribution in [0.3, 0.4) is 0 Å². The maximum atomic E-state index is 12.9. The summed E-state index contributed by atoms with van der Waals surface area (Å²) in [7, 11) is -1.01. The number of hydrogen-bond acceptors (Lipinski definition) is 3. The third kappa shape index (κ3) is 4.12. The fraction of sp³-hybridized carbons (Fsp3) is 0.273. The Labute approximate surface area is 96.6 Å². The summed E-state index contributed by atoms with van der Waals surface area (Å²) >= 11 is 0. The molecule has 0 bridgehead atoms. The largest absolute Gasteiger partial charge is 0.487 e. The Kier molecular flexibility index (Phi) is 5.14. The monoisotopic (exact) mass is 243 g/mol. The number of hydrogen-bond donors (Lipinski definition) is 1. The second kappa shape index (κ2) is 6.40. The van der Waals surface area contributed by atoms with Crippen molar-refractivity contribution in [2.24, 2.45) is 5.73 Å². The fourth-order valence-corrected chi connectivity index (χ4v) is 1.59. The van der Waals surface area contributed by atoms with Crippen LogP contribution in [0.2, 0.25) is 0 Å². The summed E-state index contributed by atoms with van der Waals surface area (Å²) in [6, 6.07) is 6.70. The van der Waals surface area contributed by atoms with Gasteiger partial charge in [-0.15, -0.1) is 0 Å². The van der Waals surface area contributed by atoms with Gasteiger partial charge in [-0.25, -0.2) is 4.39 Å². The first-order valence-corrected chi connectivity index (χ1v) is 6.30.